The van der Waals surface area contributed by atoms with E-state index in [9.17, 15) is 9.59 Å². The highest BCUT2D eigenvalue weighted by atomic mass is 28.3. The molecule has 1 amide bonds. The third-order valence-electron chi connectivity index (χ3n) is 6.06. The van der Waals surface area contributed by atoms with Crippen molar-refractivity contribution in [1.29, 1.82) is 0 Å². The van der Waals surface area contributed by atoms with E-state index in [4.69, 9.17) is 9.84 Å². The third-order valence-corrected chi connectivity index (χ3v) is 7.77. The first-order valence-corrected chi connectivity index (χ1v) is 16.2. The highest BCUT2D eigenvalue weighted by Gasteiger charge is 2.22. The van der Waals surface area contributed by atoms with Gasteiger partial charge in [-0.05, 0) is 44.1 Å². The smallest absolute Gasteiger partial charge is 0.407 e. The fraction of sp³-hybridized carbons (Fsp3) is 0.917. The summed E-state index contributed by atoms with van der Waals surface area (Å²) in [7, 11) is -1.23. The summed E-state index contributed by atoms with van der Waals surface area (Å²) < 4.78 is 5.00. The third kappa shape index (κ3) is 14.6. The predicted octanol–water partition coefficient (Wildman–Crippen LogP) is 5.79. The molecule has 0 aromatic heterocycles. The number of hydrogen-bond donors (Lipinski definition) is 3. The van der Waals surface area contributed by atoms with Gasteiger partial charge < -0.3 is 20.5 Å². The van der Waals surface area contributed by atoms with Crippen LogP contribution in [0.2, 0.25) is 25.7 Å². The lowest BCUT2D eigenvalue weighted by atomic mass is 9.91. The van der Waals surface area contributed by atoms with Gasteiger partial charge in [-0.2, -0.15) is 0 Å². The van der Waals surface area contributed by atoms with E-state index in [-0.39, 0.29) is 5.92 Å². The van der Waals surface area contributed by atoms with Crippen molar-refractivity contribution in [2.45, 2.75) is 128 Å². The number of carbonyl (C=O) groups excluding carboxylic acids is 1. The van der Waals surface area contributed by atoms with Gasteiger partial charge in [-0.15, -0.1) is 0 Å². The minimum Gasteiger partial charge on any atom is -0.480 e. The first kappa shape index (κ1) is 28.0. The molecule has 182 valence electrons. The zero-order valence-electron chi connectivity index (χ0n) is 20.7. The van der Waals surface area contributed by atoms with Crippen molar-refractivity contribution in [3.8, 4) is 0 Å². The molecule has 2 aliphatic rings. The number of nitrogens with one attached hydrogen (secondary N) is 2. The number of carboxylic acid groups (broad SMARTS) is 1. The SMILES string of the molecule is C1CCC(NC2CCCCC2)CC1.CC(C)C[C@H](NC(=O)OCC[Si](C)(C)C)C(=O)O. The number of alkyl carbamates (subject to hydrolysis) is 1. The summed E-state index contributed by atoms with van der Waals surface area (Å²) in [4.78, 5) is 22.4. The Bertz CT molecular complexity index is 494. The Balaban J connectivity index is 0.000000323. The topological polar surface area (TPSA) is 87.7 Å². The molecular formula is C24H48N2O4Si. The Kier molecular flexibility index (Phi) is 13.4. The van der Waals surface area contributed by atoms with Crippen LogP contribution in [-0.4, -0.2) is 50.0 Å². The van der Waals surface area contributed by atoms with Crippen LogP contribution < -0.4 is 10.6 Å². The van der Waals surface area contributed by atoms with E-state index in [1.165, 1.54) is 64.2 Å². The molecule has 2 aliphatic carbocycles. The molecule has 31 heavy (non-hydrogen) atoms. The molecule has 0 heterocycles. The summed E-state index contributed by atoms with van der Waals surface area (Å²) >= 11 is 0. The van der Waals surface area contributed by atoms with Gasteiger partial charge in [0.1, 0.15) is 6.04 Å². The molecule has 7 heteroatoms. The monoisotopic (exact) mass is 456 g/mol. The number of amides is 1. The molecule has 2 saturated carbocycles. The fourth-order valence-corrected chi connectivity index (χ4v) is 4.91. The van der Waals surface area contributed by atoms with Crippen molar-refractivity contribution < 1.29 is 19.4 Å². The molecule has 0 aromatic carbocycles. The van der Waals surface area contributed by atoms with E-state index in [0.29, 0.717) is 13.0 Å². The number of hydrogen-bond acceptors (Lipinski definition) is 4. The van der Waals surface area contributed by atoms with Crippen LogP contribution in [-0.2, 0) is 9.53 Å². The zero-order valence-corrected chi connectivity index (χ0v) is 21.7. The van der Waals surface area contributed by atoms with Crippen LogP contribution >= 0.6 is 0 Å². The van der Waals surface area contributed by atoms with Gasteiger partial charge in [0.2, 0.25) is 0 Å². The Hall–Kier alpha value is -1.08. The van der Waals surface area contributed by atoms with E-state index in [0.717, 1.165) is 18.1 Å². The maximum absolute atomic E-state index is 11.4. The van der Waals surface area contributed by atoms with E-state index < -0.39 is 26.2 Å². The summed E-state index contributed by atoms with van der Waals surface area (Å²) in [6.07, 6.45) is 14.3. The van der Waals surface area contributed by atoms with Gasteiger partial charge in [-0.25, -0.2) is 9.59 Å². The van der Waals surface area contributed by atoms with Gasteiger partial charge in [-0.3, -0.25) is 0 Å². The minimum absolute atomic E-state index is 0.202. The lowest BCUT2D eigenvalue weighted by Gasteiger charge is -2.30. The molecule has 0 spiro atoms. The molecular weight excluding hydrogens is 408 g/mol. The standard InChI is InChI=1S/C12H25NO4Si.C12H23N/c1-9(2)8-10(11(14)15)13-12(16)17-6-7-18(3,4)5;1-3-7-11(8-4-1)13-12-9-5-2-6-10-12/h9-10H,6-8H2,1-5H3,(H,13,16)(H,14,15);11-13H,1-10H2/t10-;/m0./s1. The van der Waals surface area contributed by atoms with E-state index in [1.54, 1.807) is 0 Å². The van der Waals surface area contributed by atoms with Crippen LogP contribution in [0.15, 0.2) is 0 Å². The number of rotatable bonds is 9. The molecule has 0 aliphatic heterocycles. The van der Waals surface area contributed by atoms with Crippen LogP contribution in [0, 0.1) is 5.92 Å². The second kappa shape index (κ2) is 14.9. The van der Waals surface area contributed by atoms with Crippen LogP contribution in [0.5, 0.6) is 0 Å². The average molecular weight is 457 g/mol. The normalized spacial score (nSPS) is 19.3. The van der Waals surface area contributed by atoms with E-state index in [2.05, 4.69) is 30.3 Å². The summed E-state index contributed by atoms with van der Waals surface area (Å²) in [5, 5.41) is 15.2. The summed E-state index contributed by atoms with van der Waals surface area (Å²) in [5.41, 5.74) is 0. The maximum Gasteiger partial charge on any atom is 0.407 e. The number of carboxylic acids is 1. The fourth-order valence-electron chi connectivity index (χ4n) is 4.20. The molecule has 0 aromatic rings. The molecule has 0 unspecified atom stereocenters. The predicted molar refractivity (Wildman–Crippen MR) is 130 cm³/mol. The maximum atomic E-state index is 11.4. The highest BCUT2D eigenvalue weighted by molar-refractivity contribution is 6.76. The summed E-state index contributed by atoms with van der Waals surface area (Å²) in [5.74, 6) is -0.820. The van der Waals surface area contributed by atoms with Crippen molar-refractivity contribution in [3.05, 3.63) is 0 Å². The van der Waals surface area contributed by atoms with Gasteiger partial charge in [0, 0.05) is 20.2 Å². The van der Waals surface area contributed by atoms with Gasteiger partial charge in [0.15, 0.2) is 0 Å². The van der Waals surface area contributed by atoms with Crippen LogP contribution in [0.25, 0.3) is 0 Å². The Morgan fingerprint density at radius 3 is 1.81 bits per heavy atom. The number of ether oxygens (including phenoxy) is 1. The first-order valence-electron chi connectivity index (χ1n) is 12.5. The Morgan fingerprint density at radius 2 is 1.42 bits per heavy atom. The number of carbonyl (C=O) groups is 2. The molecule has 2 rings (SSSR count). The minimum atomic E-state index is -1.23. The second-order valence-electron chi connectivity index (χ2n) is 10.9. The van der Waals surface area contributed by atoms with Crippen molar-refractivity contribution in [3.63, 3.8) is 0 Å². The quantitative estimate of drug-likeness (QED) is 0.382. The lowest BCUT2D eigenvalue weighted by Crippen LogP contribution is -2.42. The second-order valence-corrected chi connectivity index (χ2v) is 16.6. The van der Waals surface area contributed by atoms with Crippen LogP contribution in [0.1, 0.15) is 84.5 Å². The van der Waals surface area contributed by atoms with Crippen molar-refractivity contribution >= 4 is 20.1 Å². The summed E-state index contributed by atoms with van der Waals surface area (Å²) in [6, 6.07) is 1.75. The molecule has 6 nitrogen and oxygen atoms in total. The van der Waals surface area contributed by atoms with Crippen molar-refractivity contribution in [2.24, 2.45) is 5.92 Å². The van der Waals surface area contributed by atoms with Gasteiger partial charge in [0.25, 0.3) is 0 Å². The first-order chi connectivity index (χ1) is 14.6. The number of aliphatic carboxylic acids is 1. The molecule has 0 radical (unpaired) electrons. The van der Waals surface area contributed by atoms with Gasteiger partial charge >= 0.3 is 12.1 Å². The van der Waals surface area contributed by atoms with Crippen LogP contribution in [0.3, 0.4) is 0 Å². The van der Waals surface area contributed by atoms with Gasteiger partial charge in [0.05, 0.1) is 6.61 Å². The molecule has 3 N–H and O–H groups in total. The largest absolute Gasteiger partial charge is 0.480 e. The molecule has 0 saturated heterocycles. The highest BCUT2D eigenvalue weighted by Crippen LogP contribution is 2.22. The Morgan fingerprint density at radius 1 is 0.935 bits per heavy atom. The zero-order chi connectivity index (χ0) is 23.3. The average Bonchev–Trinajstić information content (AvgIpc) is 2.68. The van der Waals surface area contributed by atoms with Crippen molar-refractivity contribution in [1.82, 2.24) is 10.6 Å². The van der Waals surface area contributed by atoms with Gasteiger partial charge in [-0.1, -0.05) is 72.0 Å². The van der Waals surface area contributed by atoms with E-state index in [1.807, 2.05) is 13.8 Å². The lowest BCUT2D eigenvalue weighted by molar-refractivity contribution is -0.139. The summed E-state index contributed by atoms with van der Waals surface area (Å²) in [6.45, 7) is 10.7. The van der Waals surface area contributed by atoms with Crippen molar-refractivity contribution in [2.75, 3.05) is 6.61 Å². The Labute approximate surface area is 191 Å². The molecule has 2 fully saturated rings. The van der Waals surface area contributed by atoms with E-state index >= 15 is 0 Å². The molecule has 1 atom stereocenters. The molecule has 0 bridgehead atoms. The van der Waals surface area contributed by atoms with Crippen LogP contribution in [0.4, 0.5) is 4.79 Å².